The zero-order valence-corrected chi connectivity index (χ0v) is 11.1. The van der Waals surface area contributed by atoms with Crippen LogP contribution in [0.15, 0.2) is 24.3 Å². The predicted molar refractivity (Wildman–Crippen MR) is 72.0 cm³/mol. The van der Waals surface area contributed by atoms with E-state index in [1.165, 1.54) is 0 Å². The molecule has 4 nitrogen and oxygen atoms in total. The van der Waals surface area contributed by atoms with Gasteiger partial charge in [0.1, 0.15) is 0 Å². The van der Waals surface area contributed by atoms with Crippen LogP contribution in [0.2, 0.25) is 0 Å². The number of carbonyl (C=O) groups excluding carboxylic acids is 1. The number of nitrogens with zero attached hydrogens (tertiary/aromatic N) is 1. The van der Waals surface area contributed by atoms with Gasteiger partial charge in [-0.05, 0) is 37.0 Å². The van der Waals surface area contributed by atoms with E-state index in [2.05, 4.69) is 0 Å². The van der Waals surface area contributed by atoms with Crippen molar-refractivity contribution in [2.45, 2.75) is 38.6 Å². The Morgan fingerprint density at radius 2 is 2.16 bits per heavy atom. The summed E-state index contributed by atoms with van der Waals surface area (Å²) in [6.07, 6.45) is 3.51. The molecule has 0 saturated carbocycles. The lowest BCUT2D eigenvalue weighted by Crippen LogP contribution is -2.38. The van der Waals surface area contributed by atoms with Crippen LogP contribution in [0.5, 0.6) is 0 Å². The lowest BCUT2D eigenvalue weighted by atomic mass is 9.94. The predicted octanol–water partition coefficient (Wildman–Crippen LogP) is 2.85. The third kappa shape index (κ3) is 2.95. The van der Waals surface area contributed by atoms with E-state index in [0.29, 0.717) is 6.42 Å². The summed E-state index contributed by atoms with van der Waals surface area (Å²) < 4.78 is 0. The summed E-state index contributed by atoms with van der Waals surface area (Å²) in [6, 6.07) is 6.97. The van der Waals surface area contributed by atoms with Crippen LogP contribution in [0, 0.1) is 0 Å². The zero-order valence-electron chi connectivity index (χ0n) is 11.1. The fraction of sp³-hybridized carbons (Fsp3) is 0.467. The van der Waals surface area contributed by atoms with Gasteiger partial charge in [-0.3, -0.25) is 4.79 Å². The second-order valence-electron chi connectivity index (χ2n) is 4.88. The SMILES string of the molecule is CCC(=O)N1CCCCC1c1cccc(C(=O)O)c1. The van der Waals surface area contributed by atoms with Crippen molar-refractivity contribution in [1.82, 2.24) is 4.90 Å². The normalized spacial score (nSPS) is 19.2. The number of aromatic carboxylic acids is 1. The van der Waals surface area contributed by atoms with Crippen molar-refractivity contribution in [2.75, 3.05) is 6.54 Å². The number of piperidine rings is 1. The van der Waals surface area contributed by atoms with Crippen LogP contribution in [0.4, 0.5) is 0 Å². The maximum Gasteiger partial charge on any atom is 0.335 e. The number of hydrogen-bond acceptors (Lipinski definition) is 2. The van der Waals surface area contributed by atoms with E-state index >= 15 is 0 Å². The van der Waals surface area contributed by atoms with E-state index in [0.717, 1.165) is 31.4 Å². The number of carbonyl (C=O) groups is 2. The van der Waals surface area contributed by atoms with Gasteiger partial charge in [0.05, 0.1) is 11.6 Å². The number of carboxylic acid groups (broad SMARTS) is 1. The molecule has 1 heterocycles. The second kappa shape index (κ2) is 5.87. The van der Waals surface area contributed by atoms with Crippen LogP contribution < -0.4 is 0 Å². The topological polar surface area (TPSA) is 57.6 Å². The molecule has 2 rings (SSSR count). The van der Waals surface area contributed by atoms with Crippen LogP contribution in [0.3, 0.4) is 0 Å². The Labute approximate surface area is 113 Å². The van der Waals surface area contributed by atoms with Gasteiger partial charge in [0.25, 0.3) is 0 Å². The molecule has 1 N–H and O–H groups in total. The summed E-state index contributed by atoms with van der Waals surface area (Å²) in [5, 5.41) is 9.05. The maximum atomic E-state index is 12.0. The average Bonchev–Trinajstić information content (AvgIpc) is 2.46. The molecule has 0 bridgehead atoms. The Morgan fingerprint density at radius 3 is 2.84 bits per heavy atom. The van der Waals surface area contributed by atoms with Gasteiger partial charge in [-0.15, -0.1) is 0 Å². The molecule has 0 aliphatic carbocycles. The van der Waals surface area contributed by atoms with Gasteiger partial charge < -0.3 is 10.0 Å². The van der Waals surface area contributed by atoms with E-state index in [-0.39, 0.29) is 17.5 Å². The molecular weight excluding hydrogens is 242 g/mol. The first kappa shape index (κ1) is 13.6. The molecule has 1 saturated heterocycles. The van der Waals surface area contributed by atoms with E-state index in [4.69, 9.17) is 5.11 Å². The highest BCUT2D eigenvalue weighted by molar-refractivity contribution is 5.87. The molecule has 4 heteroatoms. The largest absolute Gasteiger partial charge is 0.478 e. The molecule has 1 aromatic carbocycles. The highest BCUT2D eigenvalue weighted by Crippen LogP contribution is 2.31. The van der Waals surface area contributed by atoms with E-state index in [9.17, 15) is 9.59 Å². The molecule has 1 aliphatic heterocycles. The first-order valence-corrected chi connectivity index (χ1v) is 6.76. The Kier molecular flexibility index (Phi) is 4.20. The third-order valence-electron chi connectivity index (χ3n) is 3.64. The van der Waals surface area contributed by atoms with Crippen LogP contribution in [0.25, 0.3) is 0 Å². The van der Waals surface area contributed by atoms with Crippen LogP contribution in [0.1, 0.15) is 54.6 Å². The van der Waals surface area contributed by atoms with Crippen molar-refractivity contribution in [2.24, 2.45) is 0 Å². The van der Waals surface area contributed by atoms with Crippen molar-refractivity contribution < 1.29 is 14.7 Å². The standard InChI is InChI=1S/C15H19NO3/c1-2-14(17)16-9-4-3-8-13(16)11-6-5-7-12(10-11)15(18)19/h5-7,10,13H,2-4,8-9H2,1H3,(H,18,19). The van der Waals surface area contributed by atoms with Crippen molar-refractivity contribution >= 4 is 11.9 Å². The van der Waals surface area contributed by atoms with E-state index < -0.39 is 5.97 Å². The molecule has 0 aromatic heterocycles. The van der Waals surface area contributed by atoms with Gasteiger partial charge in [0, 0.05) is 13.0 Å². The molecule has 1 unspecified atom stereocenters. The number of rotatable bonds is 3. The molecule has 1 atom stereocenters. The highest BCUT2D eigenvalue weighted by atomic mass is 16.4. The summed E-state index contributed by atoms with van der Waals surface area (Å²) >= 11 is 0. The quantitative estimate of drug-likeness (QED) is 0.910. The molecular formula is C15H19NO3. The van der Waals surface area contributed by atoms with E-state index in [1.54, 1.807) is 18.2 Å². The van der Waals surface area contributed by atoms with Gasteiger partial charge in [0.15, 0.2) is 0 Å². The second-order valence-corrected chi connectivity index (χ2v) is 4.88. The van der Waals surface area contributed by atoms with Crippen molar-refractivity contribution in [3.63, 3.8) is 0 Å². The zero-order chi connectivity index (χ0) is 13.8. The number of likely N-dealkylation sites (tertiary alicyclic amines) is 1. The molecule has 1 fully saturated rings. The molecule has 1 amide bonds. The van der Waals surface area contributed by atoms with Gasteiger partial charge >= 0.3 is 5.97 Å². The van der Waals surface area contributed by atoms with Crippen LogP contribution in [-0.2, 0) is 4.79 Å². The summed E-state index contributed by atoms with van der Waals surface area (Å²) in [5.41, 5.74) is 1.22. The molecule has 19 heavy (non-hydrogen) atoms. The Balaban J connectivity index is 2.29. The summed E-state index contributed by atoms with van der Waals surface area (Å²) in [4.78, 5) is 24.9. The first-order chi connectivity index (χ1) is 9.13. The summed E-state index contributed by atoms with van der Waals surface area (Å²) in [7, 11) is 0. The molecule has 0 radical (unpaired) electrons. The lowest BCUT2D eigenvalue weighted by Gasteiger charge is -2.36. The van der Waals surface area contributed by atoms with Crippen LogP contribution >= 0.6 is 0 Å². The Hall–Kier alpha value is -1.84. The lowest BCUT2D eigenvalue weighted by molar-refractivity contribution is -0.134. The van der Waals surface area contributed by atoms with Gasteiger partial charge in [0.2, 0.25) is 5.91 Å². The first-order valence-electron chi connectivity index (χ1n) is 6.76. The fourth-order valence-electron chi connectivity index (χ4n) is 2.66. The smallest absolute Gasteiger partial charge is 0.335 e. The fourth-order valence-corrected chi connectivity index (χ4v) is 2.66. The highest BCUT2D eigenvalue weighted by Gasteiger charge is 2.27. The molecule has 1 aromatic rings. The minimum absolute atomic E-state index is 0.0282. The van der Waals surface area contributed by atoms with Crippen molar-refractivity contribution in [3.05, 3.63) is 35.4 Å². The van der Waals surface area contributed by atoms with Gasteiger partial charge in [-0.25, -0.2) is 4.79 Å². The van der Waals surface area contributed by atoms with Gasteiger partial charge in [-0.2, -0.15) is 0 Å². The number of amides is 1. The third-order valence-corrected chi connectivity index (χ3v) is 3.64. The van der Waals surface area contributed by atoms with Crippen molar-refractivity contribution in [1.29, 1.82) is 0 Å². The maximum absolute atomic E-state index is 12.0. The Bertz CT molecular complexity index is 484. The molecule has 1 aliphatic rings. The monoisotopic (exact) mass is 261 g/mol. The number of benzene rings is 1. The number of hydrogen-bond donors (Lipinski definition) is 1. The molecule has 102 valence electrons. The van der Waals surface area contributed by atoms with Crippen LogP contribution in [-0.4, -0.2) is 28.4 Å². The average molecular weight is 261 g/mol. The number of carboxylic acids is 1. The minimum Gasteiger partial charge on any atom is -0.478 e. The van der Waals surface area contributed by atoms with Crippen molar-refractivity contribution in [3.8, 4) is 0 Å². The Morgan fingerprint density at radius 1 is 1.37 bits per heavy atom. The molecule has 0 spiro atoms. The van der Waals surface area contributed by atoms with E-state index in [1.807, 2.05) is 17.9 Å². The van der Waals surface area contributed by atoms with Gasteiger partial charge in [-0.1, -0.05) is 19.1 Å². The summed E-state index contributed by atoms with van der Waals surface area (Å²) in [6.45, 7) is 2.64. The minimum atomic E-state index is -0.925. The summed E-state index contributed by atoms with van der Waals surface area (Å²) in [5.74, 6) is -0.781.